The first-order chi connectivity index (χ1) is 13.1. The van der Waals surface area contributed by atoms with Gasteiger partial charge in [-0.2, -0.15) is 0 Å². The molecule has 0 saturated carbocycles. The Hall–Kier alpha value is -1.66. The number of likely N-dealkylation sites (tertiary alicyclic amines) is 2. The quantitative estimate of drug-likeness (QED) is 0.814. The third kappa shape index (κ3) is 3.83. The number of hydrogen-bond acceptors (Lipinski definition) is 3. The van der Waals surface area contributed by atoms with E-state index in [9.17, 15) is 9.18 Å². The van der Waals surface area contributed by atoms with Gasteiger partial charge in [0.05, 0.1) is 12.2 Å². The minimum absolute atomic E-state index is 0.110. The largest absolute Gasteiger partial charge is 0.365 e. The molecular formula is C21H30FN3O2. The summed E-state index contributed by atoms with van der Waals surface area (Å²) in [5.74, 6) is -0.211. The minimum Gasteiger partial charge on any atom is -0.365 e. The molecule has 2 amide bonds. The monoisotopic (exact) mass is 375 g/mol. The molecule has 0 N–H and O–H groups in total. The summed E-state index contributed by atoms with van der Waals surface area (Å²) in [5.41, 5.74) is 1.72. The third-order valence-corrected chi connectivity index (χ3v) is 6.43. The Balaban J connectivity index is 1.31. The Bertz CT molecular complexity index is 682. The van der Waals surface area contributed by atoms with Gasteiger partial charge >= 0.3 is 6.03 Å². The van der Waals surface area contributed by atoms with Crippen LogP contribution < -0.4 is 0 Å². The van der Waals surface area contributed by atoms with Crippen molar-refractivity contribution < 1.29 is 13.9 Å². The average Bonchev–Trinajstić information content (AvgIpc) is 3.04. The van der Waals surface area contributed by atoms with Crippen molar-refractivity contribution in [1.29, 1.82) is 0 Å². The van der Waals surface area contributed by atoms with Crippen LogP contribution >= 0.6 is 0 Å². The van der Waals surface area contributed by atoms with Gasteiger partial charge in [-0.1, -0.05) is 12.5 Å². The number of carbonyl (C=O) groups is 1. The van der Waals surface area contributed by atoms with Crippen molar-refractivity contribution in [2.24, 2.45) is 0 Å². The lowest BCUT2D eigenvalue weighted by Gasteiger charge is -2.40. The van der Waals surface area contributed by atoms with Crippen molar-refractivity contribution in [3.63, 3.8) is 0 Å². The van der Waals surface area contributed by atoms with Crippen molar-refractivity contribution in [3.8, 4) is 0 Å². The molecule has 3 aliphatic heterocycles. The van der Waals surface area contributed by atoms with E-state index < -0.39 is 0 Å². The molecular weight excluding hydrogens is 345 g/mol. The van der Waals surface area contributed by atoms with E-state index in [1.54, 1.807) is 6.07 Å². The van der Waals surface area contributed by atoms with Crippen LogP contribution in [0.4, 0.5) is 9.18 Å². The lowest BCUT2D eigenvalue weighted by atomic mass is 9.84. The summed E-state index contributed by atoms with van der Waals surface area (Å²) in [5, 5.41) is 0. The summed E-state index contributed by atoms with van der Waals surface area (Å²) in [6.45, 7) is 5.89. The fourth-order valence-electron chi connectivity index (χ4n) is 4.70. The van der Waals surface area contributed by atoms with E-state index in [0.29, 0.717) is 19.7 Å². The van der Waals surface area contributed by atoms with Crippen molar-refractivity contribution in [1.82, 2.24) is 14.7 Å². The standard InChI is InChI=1S/C21H30FN3O2/c1-23(13-14-24-9-3-2-4-10-24)20(26)25-11-7-21(8-12-25)19-6-5-18(22)15-17(19)16-27-21/h5-6,15H,2-4,7-14,16H2,1H3. The molecule has 1 aromatic carbocycles. The Morgan fingerprint density at radius 1 is 1.19 bits per heavy atom. The number of amides is 2. The van der Waals surface area contributed by atoms with Crippen LogP contribution in [0.1, 0.15) is 43.2 Å². The molecule has 0 atom stereocenters. The molecule has 0 aromatic heterocycles. The van der Waals surface area contributed by atoms with Gasteiger partial charge in [-0.15, -0.1) is 0 Å². The van der Waals surface area contributed by atoms with Gasteiger partial charge in [0.15, 0.2) is 0 Å². The molecule has 0 bridgehead atoms. The first-order valence-corrected chi connectivity index (χ1v) is 10.2. The molecule has 3 aliphatic rings. The van der Waals surface area contributed by atoms with E-state index in [4.69, 9.17) is 4.74 Å². The second kappa shape index (κ2) is 7.76. The normalized spacial score (nSPS) is 22.1. The Morgan fingerprint density at radius 2 is 1.93 bits per heavy atom. The maximum Gasteiger partial charge on any atom is 0.319 e. The molecule has 3 heterocycles. The zero-order valence-electron chi connectivity index (χ0n) is 16.3. The Labute approximate surface area is 161 Å². The highest BCUT2D eigenvalue weighted by Crippen LogP contribution is 2.44. The van der Waals surface area contributed by atoms with Gasteiger partial charge in [-0.05, 0) is 62.0 Å². The molecule has 5 nitrogen and oxygen atoms in total. The zero-order chi connectivity index (χ0) is 18.9. The number of carbonyl (C=O) groups excluding carboxylic acids is 1. The van der Waals surface area contributed by atoms with E-state index >= 15 is 0 Å². The summed E-state index contributed by atoms with van der Waals surface area (Å²) >= 11 is 0. The minimum atomic E-state index is -0.341. The Kier molecular flexibility index (Phi) is 5.37. The first-order valence-electron chi connectivity index (χ1n) is 10.2. The molecule has 0 aliphatic carbocycles. The predicted molar refractivity (Wildman–Crippen MR) is 102 cm³/mol. The molecule has 27 heavy (non-hydrogen) atoms. The lowest BCUT2D eigenvalue weighted by Crippen LogP contribution is -2.50. The van der Waals surface area contributed by atoms with Crippen LogP contribution in [0.5, 0.6) is 0 Å². The number of urea groups is 1. The van der Waals surface area contributed by atoms with Crippen LogP contribution in [0.3, 0.4) is 0 Å². The van der Waals surface area contributed by atoms with Crippen molar-refractivity contribution in [3.05, 3.63) is 35.1 Å². The van der Waals surface area contributed by atoms with Crippen LogP contribution in [-0.4, -0.2) is 67.0 Å². The number of halogens is 1. The second-order valence-electron chi connectivity index (χ2n) is 8.18. The van der Waals surface area contributed by atoms with E-state index in [0.717, 1.165) is 50.1 Å². The van der Waals surface area contributed by atoms with Gasteiger partial charge in [-0.25, -0.2) is 9.18 Å². The first kappa shape index (κ1) is 18.7. The highest BCUT2D eigenvalue weighted by molar-refractivity contribution is 5.74. The molecule has 148 valence electrons. The number of ether oxygens (including phenoxy) is 1. The average molecular weight is 375 g/mol. The van der Waals surface area contributed by atoms with Crippen molar-refractivity contribution in [2.75, 3.05) is 46.3 Å². The van der Waals surface area contributed by atoms with E-state index in [1.807, 2.05) is 22.9 Å². The molecule has 1 aromatic rings. The lowest BCUT2D eigenvalue weighted by molar-refractivity contribution is -0.0740. The van der Waals surface area contributed by atoms with Crippen LogP contribution in [0.15, 0.2) is 18.2 Å². The number of hydrogen-bond donors (Lipinski definition) is 0. The predicted octanol–water partition coefficient (Wildman–Crippen LogP) is 3.18. The van der Waals surface area contributed by atoms with Gasteiger partial charge < -0.3 is 19.4 Å². The van der Waals surface area contributed by atoms with Gasteiger partial charge in [-0.3, -0.25) is 0 Å². The molecule has 4 rings (SSSR count). The smallest absolute Gasteiger partial charge is 0.319 e. The van der Waals surface area contributed by atoms with E-state index in [2.05, 4.69) is 4.90 Å². The number of nitrogens with zero attached hydrogens (tertiary/aromatic N) is 3. The topological polar surface area (TPSA) is 36.0 Å². The molecule has 2 saturated heterocycles. The molecule has 6 heteroatoms. The van der Waals surface area contributed by atoms with Crippen LogP contribution in [0, 0.1) is 5.82 Å². The van der Waals surface area contributed by atoms with Crippen molar-refractivity contribution >= 4 is 6.03 Å². The fraction of sp³-hybridized carbons (Fsp3) is 0.667. The summed E-state index contributed by atoms with van der Waals surface area (Å²) in [4.78, 5) is 19.1. The number of likely N-dealkylation sites (N-methyl/N-ethyl adjacent to an activating group) is 1. The maximum atomic E-state index is 13.5. The summed E-state index contributed by atoms with van der Waals surface area (Å²) < 4.78 is 19.6. The van der Waals surface area contributed by atoms with Gasteiger partial charge in [0.25, 0.3) is 0 Å². The number of benzene rings is 1. The number of piperidine rings is 2. The van der Waals surface area contributed by atoms with E-state index in [1.165, 1.54) is 25.3 Å². The summed E-state index contributed by atoms with van der Waals surface area (Å²) in [6, 6.07) is 5.07. The third-order valence-electron chi connectivity index (χ3n) is 6.43. The molecule has 0 unspecified atom stereocenters. The Morgan fingerprint density at radius 3 is 2.67 bits per heavy atom. The number of rotatable bonds is 3. The molecule has 2 fully saturated rings. The zero-order valence-corrected chi connectivity index (χ0v) is 16.3. The number of fused-ring (bicyclic) bond motifs is 2. The summed E-state index contributed by atoms with van der Waals surface area (Å²) in [6.07, 6.45) is 5.43. The van der Waals surface area contributed by atoms with Crippen LogP contribution in [0.25, 0.3) is 0 Å². The van der Waals surface area contributed by atoms with Gasteiger partial charge in [0, 0.05) is 33.2 Å². The highest BCUT2D eigenvalue weighted by atomic mass is 19.1. The SMILES string of the molecule is CN(CCN1CCCCC1)C(=O)N1CCC2(CC1)OCc1cc(F)ccc12. The second-order valence-corrected chi connectivity index (χ2v) is 8.18. The molecule has 1 spiro atoms. The highest BCUT2D eigenvalue weighted by Gasteiger charge is 2.43. The van der Waals surface area contributed by atoms with E-state index in [-0.39, 0.29) is 17.4 Å². The van der Waals surface area contributed by atoms with Crippen molar-refractivity contribution in [2.45, 2.75) is 44.3 Å². The van der Waals surface area contributed by atoms with Crippen LogP contribution in [-0.2, 0) is 16.9 Å². The maximum absolute atomic E-state index is 13.5. The fourth-order valence-corrected chi connectivity index (χ4v) is 4.70. The van der Waals surface area contributed by atoms with Gasteiger partial charge in [0.1, 0.15) is 5.82 Å². The summed E-state index contributed by atoms with van der Waals surface area (Å²) in [7, 11) is 1.90. The van der Waals surface area contributed by atoms with Crippen LogP contribution in [0.2, 0.25) is 0 Å². The molecule has 0 radical (unpaired) electrons. The van der Waals surface area contributed by atoms with Gasteiger partial charge in [0.2, 0.25) is 0 Å².